The Labute approximate surface area is 296 Å². The number of carbonyl (C=O) groups is 3. The second-order valence-corrected chi connectivity index (χ2v) is 14.1. The van der Waals surface area contributed by atoms with Gasteiger partial charge in [-0.25, -0.2) is 4.39 Å². The molecule has 1 unspecified atom stereocenters. The Balaban J connectivity index is 1.29. The van der Waals surface area contributed by atoms with E-state index in [0.29, 0.717) is 63.8 Å². The number of aromatic nitrogens is 1. The molecule has 2 aliphatic heterocycles. The number of rotatable bonds is 13. The van der Waals surface area contributed by atoms with Crippen molar-refractivity contribution in [2.24, 2.45) is 18.9 Å². The number of benzene rings is 2. The first-order chi connectivity index (χ1) is 24.0. The molecule has 2 aromatic carbocycles. The van der Waals surface area contributed by atoms with E-state index in [9.17, 15) is 19.5 Å². The summed E-state index contributed by atoms with van der Waals surface area (Å²) in [4.78, 5) is 44.0. The van der Waals surface area contributed by atoms with Crippen molar-refractivity contribution in [3.63, 3.8) is 0 Å². The van der Waals surface area contributed by atoms with Gasteiger partial charge in [0.15, 0.2) is 12.1 Å². The van der Waals surface area contributed by atoms with Crippen LogP contribution in [0.2, 0.25) is 5.02 Å². The third-order valence-electron chi connectivity index (χ3n) is 10.6. The van der Waals surface area contributed by atoms with Gasteiger partial charge in [0.25, 0.3) is 5.91 Å². The number of halogens is 2. The number of carbonyl (C=O) groups excluding carboxylic acids is 2. The molecule has 0 spiro atoms. The molecule has 0 radical (unpaired) electrons. The molecule has 3 fully saturated rings. The highest BCUT2D eigenvalue weighted by Gasteiger charge is 2.55. The number of methoxy groups -OCH3 is 2. The van der Waals surface area contributed by atoms with Crippen LogP contribution in [0.1, 0.15) is 60.9 Å². The number of amides is 1. The zero-order valence-electron chi connectivity index (χ0n) is 28.8. The van der Waals surface area contributed by atoms with Crippen LogP contribution in [0.15, 0.2) is 42.6 Å². The number of hydrogen-bond donors (Lipinski definition) is 2. The maximum absolute atomic E-state index is 16.0. The van der Waals surface area contributed by atoms with E-state index in [2.05, 4.69) is 10.2 Å². The van der Waals surface area contributed by atoms with Crippen molar-refractivity contribution in [2.75, 3.05) is 45.7 Å². The standard InChI is InChI=1S/C37H46ClFN4O7/c1-41-22-28(27-8-4-5-9-32(27)41)34(45)40-31-20-30(39)25(18-29(31)38)19-33(44)37(42-15-6-7-16-42,43-17-14-24(21-43)36(48-2)49-3)50-26-12-10-23(11-13-26)35(46)47/h4-5,8-9,18,20,22-24,26,36H,6-7,10-17,19,21H2,1-3H3,(H,40,45)(H,46,47)/t23?,24-,26?,37?/m0/s1. The van der Waals surface area contributed by atoms with Crippen LogP contribution in [0.25, 0.3) is 10.9 Å². The number of nitrogens with zero attached hydrogens (tertiary/aromatic N) is 3. The van der Waals surface area contributed by atoms with Crippen molar-refractivity contribution in [1.29, 1.82) is 0 Å². The highest BCUT2D eigenvalue weighted by molar-refractivity contribution is 6.34. The molecule has 270 valence electrons. The van der Waals surface area contributed by atoms with Crippen molar-refractivity contribution in [3.8, 4) is 0 Å². The van der Waals surface area contributed by atoms with Gasteiger partial charge in [-0.1, -0.05) is 29.8 Å². The number of Topliss-reactive ketones (excluding diaryl/α,β-unsaturated/α-hetero) is 1. The van der Waals surface area contributed by atoms with E-state index in [-0.39, 0.29) is 40.5 Å². The monoisotopic (exact) mass is 712 g/mol. The predicted molar refractivity (Wildman–Crippen MR) is 186 cm³/mol. The molecule has 1 aromatic heterocycles. The van der Waals surface area contributed by atoms with Gasteiger partial charge >= 0.3 is 5.97 Å². The summed E-state index contributed by atoms with van der Waals surface area (Å²) >= 11 is 6.66. The van der Waals surface area contributed by atoms with Crippen LogP contribution >= 0.6 is 11.6 Å². The quantitative estimate of drug-likeness (QED) is 0.216. The second-order valence-electron chi connectivity index (χ2n) is 13.7. The van der Waals surface area contributed by atoms with Crippen LogP contribution in [0.3, 0.4) is 0 Å². The van der Waals surface area contributed by atoms with Crippen LogP contribution in [0, 0.1) is 17.7 Å². The molecule has 1 aliphatic carbocycles. The molecule has 11 nitrogen and oxygen atoms in total. The molecule has 3 aromatic rings. The summed E-state index contributed by atoms with van der Waals surface area (Å²) in [5.41, 5.74) is 1.50. The summed E-state index contributed by atoms with van der Waals surface area (Å²) in [6.07, 6.45) is 4.98. The summed E-state index contributed by atoms with van der Waals surface area (Å²) in [6, 6.07) is 10.1. The molecular formula is C37H46ClFN4O7. The molecule has 2 saturated heterocycles. The van der Waals surface area contributed by atoms with E-state index in [1.54, 1.807) is 20.4 Å². The van der Waals surface area contributed by atoms with Gasteiger partial charge < -0.3 is 29.2 Å². The molecule has 13 heteroatoms. The minimum absolute atomic E-state index is 0.0260. The van der Waals surface area contributed by atoms with E-state index >= 15 is 4.39 Å². The molecule has 1 amide bonds. The number of carboxylic acids is 1. The molecule has 6 rings (SSSR count). The Morgan fingerprint density at radius 1 is 1.02 bits per heavy atom. The molecule has 2 atom stereocenters. The van der Waals surface area contributed by atoms with Crippen molar-refractivity contribution in [3.05, 3.63) is 64.6 Å². The number of anilines is 1. The molecule has 3 heterocycles. The van der Waals surface area contributed by atoms with Crippen LogP contribution in [-0.2, 0) is 37.3 Å². The van der Waals surface area contributed by atoms with Crippen molar-refractivity contribution < 1.29 is 38.1 Å². The fourth-order valence-electron chi connectivity index (χ4n) is 8.03. The number of carboxylic acid groups (broad SMARTS) is 1. The zero-order valence-corrected chi connectivity index (χ0v) is 29.6. The highest BCUT2D eigenvalue weighted by atomic mass is 35.5. The summed E-state index contributed by atoms with van der Waals surface area (Å²) in [5.74, 6) is -4.22. The van der Waals surface area contributed by atoms with E-state index in [4.69, 9.17) is 25.8 Å². The number of para-hydroxylation sites is 1. The average molecular weight is 713 g/mol. The fraction of sp³-hybridized carbons (Fsp3) is 0.541. The number of ketones is 1. The lowest BCUT2D eigenvalue weighted by Crippen LogP contribution is -2.67. The summed E-state index contributed by atoms with van der Waals surface area (Å²) in [5, 5.41) is 13.2. The highest BCUT2D eigenvalue weighted by Crippen LogP contribution is 2.40. The predicted octanol–water partition coefficient (Wildman–Crippen LogP) is 5.69. The number of ether oxygens (including phenoxy) is 3. The van der Waals surface area contributed by atoms with E-state index in [1.807, 2.05) is 40.8 Å². The Bertz CT molecular complexity index is 1720. The first-order valence-electron chi connectivity index (χ1n) is 17.4. The van der Waals surface area contributed by atoms with E-state index in [1.165, 1.54) is 6.07 Å². The number of hydrogen-bond acceptors (Lipinski definition) is 8. The smallest absolute Gasteiger partial charge is 0.306 e. The largest absolute Gasteiger partial charge is 0.481 e. The topological polar surface area (TPSA) is 123 Å². The van der Waals surface area contributed by atoms with Gasteiger partial charge in [-0.2, -0.15) is 0 Å². The maximum atomic E-state index is 16.0. The van der Waals surface area contributed by atoms with E-state index < -0.39 is 35.8 Å². The Morgan fingerprint density at radius 3 is 2.40 bits per heavy atom. The maximum Gasteiger partial charge on any atom is 0.306 e. The zero-order chi connectivity index (χ0) is 35.6. The minimum Gasteiger partial charge on any atom is -0.481 e. The fourth-order valence-corrected chi connectivity index (χ4v) is 8.27. The van der Waals surface area contributed by atoms with Gasteiger partial charge in [-0.3, -0.25) is 24.2 Å². The first kappa shape index (κ1) is 36.4. The average Bonchev–Trinajstić information content (AvgIpc) is 3.89. The number of aliphatic carboxylic acids is 1. The molecule has 3 aliphatic rings. The Hall–Kier alpha value is -3.39. The summed E-state index contributed by atoms with van der Waals surface area (Å²) < 4.78 is 35.9. The lowest BCUT2D eigenvalue weighted by atomic mass is 9.87. The summed E-state index contributed by atoms with van der Waals surface area (Å²) in [6.45, 7) is 2.24. The van der Waals surface area contributed by atoms with Gasteiger partial charge in [0.1, 0.15) is 5.82 Å². The summed E-state index contributed by atoms with van der Waals surface area (Å²) in [7, 11) is 5.03. The van der Waals surface area contributed by atoms with Crippen molar-refractivity contribution >= 4 is 45.9 Å². The normalized spacial score (nSPS) is 23.0. The molecule has 2 N–H and O–H groups in total. The van der Waals surface area contributed by atoms with Crippen molar-refractivity contribution in [2.45, 2.75) is 69.6 Å². The number of nitrogens with one attached hydrogen (secondary N) is 1. The molecule has 1 saturated carbocycles. The third-order valence-corrected chi connectivity index (χ3v) is 10.9. The lowest BCUT2D eigenvalue weighted by Gasteiger charge is -2.48. The minimum atomic E-state index is -1.50. The van der Waals surface area contributed by atoms with Gasteiger partial charge in [0, 0.05) is 76.9 Å². The first-order valence-corrected chi connectivity index (χ1v) is 17.8. The van der Waals surface area contributed by atoms with Gasteiger partial charge in [0.05, 0.1) is 28.3 Å². The third kappa shape index (κ3) is 7.19. The number of aryl methyl sites for hydroxylation is 1. The van der Waals surface area contributed by atoms with Gasteiger partial charge in [-0.15, -0.1) is 0 Å². The number of likely N-dealkylation sites (tertiary alicyclic amines) is 2. The second kappa shape index (κ2) is 15.5. The van der Waals surface area contributed by atoms with Crippen LogP contribution in [0.5, 0.6) is 0 Å². The van der Waals surface area contributed by atoms with E-state index in [0.717, 1.165) is 29.8 Å². The SMILES string of the molecule is COC(OC)[C@H]1CCN(C(OC2CCC(C(=O)O)CC2)(C(=O)Cc2cc(Cl)c(NC(=O)c3cn(C)c4ccccc34)cc2F)N2CCCC2)C1. The van der Waals surface area contributed by atoms with Crippen LogP contribution < -0.4 is 5.32 Å². The van der Waals surface area contributed by atoms with Gasteiger partial charge in [-0.05, 0) is 68.7 Å². The Morgan fingerprint density at radius 2 is 1.72 bits per heavy atom. The van der Waals surface area contributed by atoms with Crippen LogP contribution in [0.4, 0.5) is 10.1 Å². The van der Waals surface area contributed by atoms with Gasteiger partial charge in [0.2, 0.25) is 5.85 Å². The lowest BCUT2D eigenvalue weighted by molar-refractivity contribution is -0.254. The molecular weight excluding hydrogens is 667 g/mol. The molecule has 50 heavy (non-hydrogen) atoms. The Kier molecular flexibility index (Phi) is 11.3. The van der Waals surface area contributed by atoms with Crippen LogP contribution in [-0.4, -0.2) is 95.8 Å². The van der Waals surface area contributed by atoms with Crippen molar-refractivity contribution in [1.82, 2.24) is 14.4 Å². The molecule has 0 bridgehead atoms. The number of fused-ring (bicyclic) bond motifs is 1.